The lowest BCUT2D eigenvalue weighted by molar-refractivity contribution is 0.230. The number of nitrogens with one attached hydrogen (secondary N) is 2. The number of guanidine groups is 1. The van der Waals surface area contributed by atoms with Crippen LogP contribution in [0.4, 0.5) is 0 Å². The van der Waals surface area contributed by atoms with Gasteiger partial charge in [0.1, 0.15) is 11.9 Å². The van der Waals surface area contributed by atoms with Gasteiger partial charge in [0.15, 0.2) is 5.96 Å². The first-order chi connectivity index (χ1) is 14.0. The average molecular weight is 526 g/mol. The van der Waals surface area contributed by atoms with Crippen LogP contribution in [0.1, 0.15) is 37.9 Å². The van der Waals surface area contributed by atoms with Crippen molar-refractivity contribution < 1.29 is 4.74 Å². The number of ether oxygens (including phenoxy) is 1. The highest BCUT2D eigenvalue weighted by molar-refractivity contribution is 14.0. The summed E-state index contributed by atoms with van der Waals surface area (Å²) in [6.45, 7) is 11.0. The van der Waals surface area contributed by atoms with Gasteiger partial charge in [-0.15, -0.1) is 24.0 Å². The summed E-state index contributed by atoms with van der Waals surface area (Å²) >= 11 is 0. The van der Waals surface area contributed by atoms with E-state index in [0.29, 0.717) is 6.54 Å². The van der Waals surface area contributed by atoms with Crippen LogP contribution in [0.15, 0.2) is 52.3 Å². The Morgan fingerprint density at radius 2 is 1.90 bits per heavy atom. The van der Waals surface area contributed by atoms with Crippen LogP contribution in [-0.2, 0) is 6.54 Å². The lowest BCUT2D eigenvalue weighted by Crippen LogP contribution is -2.38. The minimum atomic E-state index is -0.0137. The Labute approximate surface area is 197 Å². The van der Waals surface area contributed by atoms with E-state index in [1.807, 2.05) is 42.7 Å². The van der Waals surface area contributed by atoms with Crippen LogP contribution >= 0.6 is 24.0 Å². The third-order valence-electron chi connectivity index (χ3n) is 4.55. The molecule has 1 atom stereocenters. The number of hydrogen-bond acceptors (Lipinski definition) is 3. The molecular weight excluding hydrogens is 491 g/mol. The highest BCUT2D eigenvalue weighted by Crippen LogP contribution is 2.14. The molecule has 166 valence electrons. The first kappa shape index (κ1) is 26.0. The van der Waals surface area contributed by atoms with Crippen molar-refractivity contribution in [3.8, 4) is 5.75 Å². The zero-order valence-corrected chi connectivity index (χ0v) is 20.8. The number of aromatic nitrogens is 1. The van der Waals surface area contributed by atoms with Crippen molar-refractivity contribution >= 4 is 29.9 Å². The molecule has 0 amide bonds. The van der Waals surface area contributed by atoms with Crippen LogP contribution in [-0.4, -0.2) is 36.3 Å². The van der Waals surface area contributed by atoms with Crippen LogP contribution < -0.4 is 20.9 Å². The lowest BCUT2D eigenvalue weighted by atomic mass is 10.2. The summed E-state index contributed by atoms with van der Waals surface area (Å²) in [6, 6.07) is 13.4. The minimum absolute atomic E-state index is 0. The van der Waals surface area contributed by atoms with Crippen LogP contribution in [0.5, 0.6) is 5.75 Å². The molecule has 2 aromatic rings. The second kappa shape index (κ2) is 14.1. The molecule has 30 heavy (non-hydrogen) atoms. The lowest BCUT2D eigenvalue weighted by Gasteiger charge is -2.15. The smallest absolute Gasteiger partial charge is 0.250 e. The molecule has 0 spiro atoms. The van der Waals surface area contributed by atoms with Crippen LogP contribution in [0, 0.1) is 13.8 Å². The summed E-state index contributed by atoms with van der Waals surface area (Å²) in [5.74, 6) is 1.66. The quantitative estimate of drug-likeness (QED) is 0.214. The Balaban J connectivity index is 0.00000450. The van der Waals surface area contributed by atoms with Gasteiger partial charge in [0.2, 0.25) is 0 Å². The third kappa shape index (κ3) is 9.19. The third-order valence-corrected chi connectivity index (χ3v) is 4.55. The topological polar surface area (TPSA) is 67.7 Å². The SMILES string of the molecule is CCNC(=NCC(C)Oc1cccc(C)c1)NCCCCn1c(C)cccc1=O.I. The van der Waals surface area contributed by atoms with Gasteiger partial charge in [-0.3, -0.25) is 4.79 Å². The molecule has 1 unspecified atom stereocenters. The molecule has 2 rings (SSSR count). The summed E-state index contributed by atoms with van der Waals surface area (Å²) in [6.07, 6.45) is 1.88. The van der Waals surface area contributed by atoms with Gasteiger partial charge in [-0.05, 0) is 64.3 Å². The molecular formula is C23H35IN4O2. The van der Waals surface area contributed by atoms with Gasteiger partial charge in [0.25, 0.3) is 5.56 Å². The van der Waals surface area contributed by atoms with Crippen LogP contribution in [0.25, 0.3) is 0 Å². The summed E-state index contributed by atoms with van der Waals surface area (Å²) in [7, 11) is 0. The average Bonchev–Trinajstić information content (AvgIpc) is 2.67. The predicted molar refractivity (Wildman–Crippen MR) is 135 cm³/mol. The number of aryl methyl sites for hydroxylation is 2. The van der Waals surface area contributed by atoms with E-state index in [1.54, 1.807) is 12.1 Å². The Kier molecular flexibility index (Phi) is 12.2. The van der Waals surface area contributed by atoms with Crippen molar-refractivity contribution in [1.29, 1.82) is 0 Å². The Morgan fingerprint density at radius 1 is 1.13 bits per heavy atom. The van der Waals surface area contributed by atoms with Crippen molar-refractivity contribution in [2.24, 2.45) is 4.99 Å². The minimum Gasteiger partial charge on any atom is -0.489 e. The van der Waals surface area contributed by atoms with Gasteiger partial charge in [-0.2, -0.15) is 0 Å². The van der Waals surface area contributed by atoms with Crippen molar-refractivity contribution in [3.63, 3.8) is 0 Å². The maximum Gasteiger partial charge on any atom is 0.250 e. The molecule has 6 nitrogen and oxygen atoms in total. The van der Waals surface area contributed by atoms with Crippen LogP contribution in [0.2, 0.25) is 0 Å². The van der Waals surface area contributed by atoms with E-state index < -0.39 is 0 Å². The molecule has 1 aromatic carbocycles. The second-order valence-electron chi connectivity index (χ2n) is 7.26. The normalized spacial score (nSPS) is 12.1. The molecule has 0 saturated carbocycles. The molecule has 0 radical (unpaired) electrons. The highest BCUT2D eigenvalue weighted by Gasteiger charge is 2.05. The number of pyridine rings is 1. The summed E-state index contributed by atoms with van der Waals surface area (Å²) < 4.78 is 7.77. The van der Waals surface area contributed by atoms with Gasteiger partial charge < -0.3 is 19.9 Å². The molecule has 0 bridgehead atoms. The van der Waals surface area contributed by atoms with Crippen LogP contribution in [0.3, 0.4) is 0 Å². The van der Waals surface area contributed by atoms with E-state index in [2.05, 4.69) is 35.5 Å². The largest absolute Gasteiger partial charge is 0.489 e. The van der Waals surface area contributed by atoms with Gasteiger partial charge >= 0.3 is 0 Å². The number of hydrogen-bond donors (Lipinski definition) is 2. The Morgan fingerprint density at radius 3 is 2.60 bits per heavy atom. The number of halogens is 1. The van der Waals surface area contributed by atoms with Crippen molar-refractivity contribution in [1.82, 2.24) is 15.2 Å². The molecule has 7 heteroatoms. The van der Waals surface area contributed by atoms with E-state index in [9.17, 15) is 4.79 Å². The monoisotopic (exact) mass is 526 g/mol. The molecule has 0 aliphatic heterocycles. The first-order valence-corrected chi connectivity index (χ1v) is 10.4. The van der Waals surface area contributed by atoms with E-state index in [0.717, 1.165) is 49.9 Å². The second-order valence-corrected chi connectivity index (χ2v) is 7.26. The maximum absolute atomic E-state index is 11.9. The van der Waals surface area contributed by atoms with E-state index in [-0.39, 0.29) is 35.6 Å². The van der Waals surface area contributed by atoms with Crippen molar-refractivity contribution in [2.75, 3.05) is 19.6 Å². The number of nitrogens with zero attached hydrogens (tertiary/aromatic N) is 2. The zero-order valence-electron chi connectivity index (χ0n) is 18.5. The standard InChI is InChI=1S/C23H34N4O2.HI/c1-5-24-23(26-17-20(4)29-21-12-8-10-18(2)16-21)25-14-6-7-15-27-19(3)11-9-13-22(27)28;/h8-13,16,20H,5-7,14-15,17H2,1-4H3,(H2,24,25,26);1H. The summed E-state index contributed by atoms with van der Waals surface area (Å²) in [5, 5.41) is 6.63. The number of unbranched alkanes of at least 4 members (excludes halogenated alkanes) is 1. The molecule has 0 fully saturated rings. The molecule has 2 N–H and O–H groups in total. The fourth-order valence-electron chi connectivity index (χ4n) is 3.03. The molecule has 1 heterocycles. The first-order valence-electron chi connectivity index (χ1n) is 10.4. The van der Waals surface area contributed by atoms with E-state index in [4.69, 9.17) is 4.74 Å². The predicted octanol–water partition coefficient (Wildman–Crippen LogP) is 3.89. The molecule has 0 aliphatic carbocycles. The molecule has 0 aliphatic rings. The van der Waals surface area contributed by atoms with Gasteiger partial charge in [-0.25, -0.2) is 4.99 Å². The van der Waals surface area contributed by atoms with E-state index >= 15 is 0 Å². The maximum atomic E-state index is 11.9. The Hall–Kier alpha value is -2.03. The van der Waals surface area contributed by atoms with Crippen molar-refractivity contribution in [2.45, 2.75) is 53.2 Å². The van der Waals surface area contributed by atoms with Gasteiger partial charge in [0, 0.05) is 31.4 Å². The highest BCUT2D eigenvalue weighted by atomic mass is 127. The number of aliphatic imine (C=N–C) groups is 1. The van der Waals surface area contributed by atoms with Crippen molar-refractivity contribution in [3.05, 3.63) is 64.1 Å². The fraction of sp³-hybridized carbons (Fsp3) is 0.478. The van der Waals surface area contributed by atoms with E-state index in [1.165, 1.54) is 5.56 Å². The zero-order chi connectivity index (χ0) is 21.1. The van der Waals surface area contributed by atoms with Gasteiger partial charge in [-0.1, -0.05) is 18.2 Å². The number of benzene rings is 1. The molecule has 0 saturated heterocycles. The summed E-state index contributed by atoms with van der Waals surface area (Å²) in [5.41, 5.74) is 2.25. The molecule has 1 aromatic heterocycles. The fourth-order valence-corrected chi connectivity index (χ4v) is 3.03. The summed E-state index contributed by atoms with van der Waals surface area (Å²) in [4.78, 5) is 16.5. The van der Waals surface area contributed by atoms with Gasteiger partial charge in [0.05, 0.1) is 6.54 Å². The Bertz CT molecular complexity index is 851. The number of rotatable bonds is 10.